The Morgan fingerprint density at radius 3 is 2.36 bits per heavy atom. The third-order valence-corrected chi connectivity index (χ3v) is 8.10. The highest BCUT2D eigenvalue weighted by Crippen LogP contribution is 2.34. The largest absolute Gasteiger partial charge is 0.378 e. The molecule has 0 saturated carbocycles. The molecule has 0 fully saturated rings. The molecule has 4 aromatic rings. The number of carbonyl (C=O) groups is 1. The van der Waals surface area contributed by atoms with Crippen molar-refractivity contribution in [3.63, 3.8) is 0 Å². The second-order valence-electron chi connectivity index (χ2n) is 8.57. The zero-order valence-corrected chi connectivity index (χ0v) is 31.1. The fourth-order valence-corrected chi connectivity index (χ4v) is 5.67. The third-order valence-electron chi connectivity index (χ3n) is 5.94. The summed E-state index contributed by atoms with van der Waals surface area (Å²) in [7, 11) is 3.51. The number of hydrogen-bond donors (Lipinski definition) is 0. The molecule has 3 heterocycles. The second-order valence-corrected chi connectivity index (χ2v) is 11.0. The summed E-state index contributed by atoms with van der Waals surface area (Å²) < 4.78 is 23.3. The summed E-state index contributed by atoms with van der Waals surface area (Å²) in [6.45, 7) is 19.2. The molecule has 3 aromatic heterocycles. The lowest BCUT2D eigenvalue weighted by atomic mass is 10.2. The number of amides is 1. The number of hydrogen-bond acceptors (Lipinski definition) is 6. The van der Waals surface area contributed by atoms with Gasteiger partial charge in [-0.25, -0.2) is 13.8 Å². The number of carbonyl (C=O) groups excluding carboxylic acids is 1. The van der Waals surface area contributed by atoms with E-state index in [-0.39, 0.29) is 10.9 Å². The van der Waals surface area contributed by atoms with Crippen LogP contribution in [-0.4, -0.2) is 68.5 Å². The average Bonchev–Trinajstić information content (AvgIpc) is 3.60. The Kier molecular flexibility index (Phi) is 18.3. The van der Waals surface area contributed by atoms with Gasteiger partial charge in [-0.1, -0.05) is 59.7 Å². The van der Waals surface area contributed by atoms with Crippen molar-refractivity contribution in [1.29, 1.82) is 0 Å². The summed E-state index contributed by atoms with van der Waals surface area (Å²) in [4.78, 5) is 20.8. The quantitative estimate of drug-likeness (QED) is 0.0865. The first-order chi connectivity index (χ1) is 21.2. The molecule has 0 spiro atoms. The number of ether oxygens (including phenoxy) is 1. The van der Waals surface area contributed by atoms with Crippen molar-refractivity contribution in [2.24, 2.45) is 7.05 Å². The number of likely N-dealkylation sites (N-methyl/N-ethyl adjacent to an activating group) is 1. The molecule has 1 unspecified atom stereocenters. The van der Waals surface area contributed by atoms with E-state index in [4.69, 9.17) is 16.3 Å². The van der Waals surface area contributed by atoms with Crippen molar-refractivity contribution in [3.8, 4) is 0 Å². The fraction of sp³-hybridized carbons (Fsp3) is 0.419. The van der Waals surface area contributed by atoms with Crippen molar-refractivity contribution in [1.82, 2.24) is 29.2 Å². The van der Waals surface area contributed by atoms with E-state index in [9.17, 15) is 9.18 Å². The highest BCUT2D eigenvalue weighted by molar-refractivity contribution is 14.2. The molecule has 9 nitrogen and oxygen atoms in total. The van der Waals surface area contributed by atoms with Gasteiger partial charge in [0.15, 0.2) is 5.69 Å². The molecule has 1 amide bonds. The highest BCUT2D eigenvalue weighted by Gasteiger charge is 2.19. The van der Waals surface area contributed by atoms with Crippen LogP contribution in [0.15, 0.2) is 43.2 Å². The topological polar surface area (TPSA) is 81.3 Å². The normalized spacial score (nSPS) is 10.4. The molecule has 1 aromatic carbocycles. The lowest BCUT2D eigenvalue weighted by molar-refractivity contribution is 0.0697. The van der Waals surface area contributed by atoms with E-state index in [1.165, 1.54) is 6.07 Å². The number of aromatic nitrogens is 5. The van der Waals surface area contributed by atoms with Crippen LogP contribution in [0.4, 0.5) is 15.9 Å². The Hall–Kier alpha value is -2.60. The Balaban J connectivity index is 0.00000152. The minimum Gasteiger partial charge on any atom is -0.378 e. The van der Waals surface area contributed by atoms with Crippen molar-refractivity contribution in [2.45, 2.75) is 48.5 Å². The molecular weight excluding hydrogens is 715 g/mol. The van der Waals surface area contributed by atoms with E-state index in [0.29, 0.717) is 49.9 Å². The second kappa shape index (κ2) is 20.4. The number of fused-ring (bicyclic) bond motifs is 1. The van der Waals surface area contributed by atoms with Gasteiger partial charge in [0, 0.05) is 50.0 Å². The average molecular weight is 760 g/mol. The molecule has 242 valence electrons. The van der Waals surface area contributed by atoms with Crippen LogP contribution in [0.3, 0.4) is 0 Å². The van der Waals surface area contributed by atoms with E-state index in [0.717, 1.165) is 22.2 Å². The Labute approximate surface area is 281 Å². The van der Waals surface area contributed by atoms with Crippen molar-refractivity contribution in [2.75, 3.05) is 38.3 Å². The molecule has 0 bridgehead atoms. The number of halogens is 3. The minimum absolute atomic E-state index is 0.0187. The predicted octanol–water partition coefficient (Wildman–Crippen LogP) is 8.71. The summed E-state index contributed by atoms with van der Waals surface area (Å²) in [6, 6.07) is 6.48. The maximum Gasteiger partial charge on any atom is 0.274 e. The lowest BCUT2D eigenvalue weighted by Gasteiger charge is -2.24. The molecule has 44 heavy (non-hydrogen) atoms. The molecule has 0 aliphatic carbocycles. The molecule has 0 saturated heterocycles. The number of rotatable bonds is 11. The van der Waals surface area contributed by atoms with E-state index in [1.807, 2.05) is 70.1 Å². The molecule has 1 atom stereocenters. The van der Waals surface area contributed by atoms with Crippen LogP contribution in [0.25, 0.3) is 17.0 Å². The number of nitrogens with zero attached hydrogens (tertiary/aromatic N) is 7. The van der Waals surface area contributed by atoms with Gasteiger partial charge in [-0.05, 0) is 59.3 Å². The van der Waals surface area contributed by atoms with Gasteiger partial charge in [-0.2, -0.15) is 10.2 Å². The summed E-state index contributed by atoms with van der Waals surface area (Å²) >= 11 is 8.37. The third kappa shape index (κ3) is 10.2. The molecule has 13 heteroatoms. The summed E-state index contributed by atoms with van der Waals surface area (Å²) in [6.07, 6.45) is 5.71. The highest BCUT2D eigenvalue weighted by atomic mass is 127. The maximum absolute atomic E-state index is 13.9. The minimum atomic E-state index is -0.496. The van der Waals surface area contributed by atoms with Gasteiger partial charge >= 0.3 is 0 Å². The van der Waals surface area contributed by atoms with Crippen LogP contribution in [0.5, 0.6) is 0 Å². The van der Waals surface area contributed by atoms with Crippen molar-refractivity contribution >= 4 is 74.4 Å². The molecule has 0 aliphatic heterocycles. The van der Waals surface area contributed by atoms with Crippen LogP contribution < -0.4 is 4.90 Å². The van der Waals surface area contributed by atoms with Crippen LogP contribution in [0.1, 0.15) is 63.3 Å². The first-order valence-corrected chi connectivity index (χ1v) is 19.1. The van der Waals surface area contributed by atoms with Gasteiger partial charge in [-0.15, -0.1) is 0 Å². The number of benzene rings is 1. The van der Waals surface area contributed by atoms with Gasteiger partial charge in [0.05, 0.1) is 42.0 Å². The van der Waals surface area contributed by atoms with Gasteiger partial charge in [0.2, 0.25) is 0 Å². The number of pyridine rings is 1. The SMILES string of the molecule is C=Cc1nn(PI)c2cnc(N(CCOCCN(C)C(=O)c3nn(C)cc3C)c3ccc(F)c(Cl)c3)cc12.CC.CC.CC. The number of aryl methyl sites for hydroxylation is 2. The monoisotopic (exact) mass is 759 g/mol. The fourth-order valence-electron chi connectivity index (χ4n) is 3.98. The Morgan fingerprint density at radius 2 is 1.80 bits per heavy atom. The van der Waals surface area contributed by atoms with E-state index in [2.05, 4.69) is 43.8 Å². The van der Waals surface area contributed by atoms with E-state index in [1.54, 1.807) is 48.1 Å². The maximum atomic E-state index is 13.9. The molecule has 4 rings (SSSR count). The van der Waals surface area contributed by atoms with Crippen LogP contribution in [-0.2, 0) is 11.8 Å². The number of anilines is 2. The van der Waals surface area contributed by atoms with Crippen molar-refractivity contribution in [3.05, 3.63) is 71.0 Å². The first-order valence-electron chi connectivity index (χ1n) is 14.7. The van der Waals surface area contributed by atoms with Gasteiger partial charge in [0.1, 0.15) is 11.6 Å². The van der Waals surface area contributed by atoms with Crippen LogP contribution in [0.2, 0.25) is 5.02 Å². The summed E-state index contributed by atoms with van der Waals surface area (Å²) in [5.41, 5.74) is 3.60. The zero-order valence-electron chi connectivity index (χ0n) is 27.2. The predicted molar refractivity (Wildman–Crippen MR) is 194 cm³/mol. The summed E-state index contributed by atoms with van der Waals surface area (Å²) in [5, 5.41) is 9.76. The van der Waals surface area contributed by atoms with Gasteiger partial charge < -0.3 is 14.5 Å². The van der Waals surface area contributed by atoms with E-state index >= 15 is 0 Å². The van der Waals surface area contributed by atoms with Crippen molar-refractivity contribution < 1.29 is 13.9 Å². The molecule has 0 radical (unpaired) electrons. The standard InChI is InChI=1S/C25H27ClFIN7O2P.3C2H6/c1-5-21-18-13-23(29-14-22(18)35(30-21)38-28)34(17-6-7-20(27)19(26)12-17)9-11-37-10-8-32(3)25(36)24-16(2)15-33(4)31-24;3*1-2/h5-7,12-15,38H,1,8-11H2,2-4H3;3*1-2H3. The van der Waals surface area contributed by atoms with Gasteiger partial charge in [0.25, 0.3) is 5.91 Å². The van der Waals surface area contributed by atoms with Crippen LogP contribution in [0, 0.1) is 12.7 Å². The Morgan fingerprint density at radius 1 is 1.14 bits per heavy atom. The molecule has 0 N–H and O–H groups in total. The summed E-state index contributed by atoms with van der Waals surface area (Å²) in [5.74, 6) is -0.0114. The zero-order chi connectivity index (χ0) is 33.4. The van der Waals surface area contributed by atoms with Gasteiger partial charge in [-0.3, -0.25) is 9.48 Å². The smallest absolute Gasteiger partial charge is 0.274 e. The van der Waals surface area contributed by atoms with E-state index < -0.39 is 5.82 Å². The first kappa shape index (κ1) is 39.4. The van der Waals surface area contributed by atoms with Crippen LogP contribution >= 0.6 is 40.0 Å². The lowest BCUT2D eigenvalue weighted by Crippen LogP contribution is -2.32. The molecular formula is C31H45ClFIN7O2P. The molecule has 0 aliphatic rings. The Bertz CT molecular complexity index is 1480.